The Morgan fingerprint density at radius 2 is 2.05 bits per heavy atom. The van der Waals surface area contributed by atoms with Gasteiger partial charge in [0.2, 0.25) is 0 Å². The van der Waals surface area contributed by atoms with Crippen molar-refractivity contribution in [2.45, 2.75) is 18.7 Å². The Morgan fingerprint density at radius 1 is 1.40 bits per heavy atom. The molecule has 0 saturated carbocycles. The maximum absolute atomic E-state index is 11.9. The SMILES string of the molecule is CCS(=O)CCNC(=O)c1ccc(S(=O)(=O)Cl)cc1C. The first-order chi connectivity index (χ1) is 9.25. The van der Waals surface area contributed by atoms with Crippen LogP contribution in [0.3, 0.4) is 0 Å². The predicted octanol–water partition coefficient (Wildman–Crippen LogP) is 1.42. The number of benzene rings is 1. The van der Waals surface area contributed by atoms with Crippen molar-refractivity contribution in [3.05, 3.63) is 29.3 Å². The summed E-state index contributed by atoms with van der Waals surface area (Å²) in [6, 6.07) is 4.05. The highest BCUT2D eigenvalue weighted by atomic mass is 35.7. The van der Waals surface area contributed by atoms with Crippen molar-refractivity contribution in [3.63, 3.8) is 0 Å². The molecular weight excluding hydrogens is 322 g/mol. The zero-order valence-corrected chi connectivity index (χ0v) is 13.6. The average Bonchev–Trinajstić information content (AvgIpc) is 2.37. The number of carbonyl (C=O) groups excluding carboxylic acids is 1. The fraction of sp³-hybridized carbons (Fsp3) is 0.417. The summed E-state index contributed by atoms with van der Waals surface area (Å²) in [7, 11) is 0.504. The molecule has 5 nitrogen and oxygen atoms in total. The van der Waals surface area contributed by atoms with E-state index in [1.54, 1.807) is 6.92 Å². The molecule has 112 valence electrons. The van der Waals surface area contributed by atoms with Crippen molar-refractivity contribution < 1.29 is 17.4 Å². The second-order valence-corrected chi connectivity index (χ2v) is 8.53. The van der Waals surface area contributed by atoms with Crippen LogP contribution >= 0.6 is 10.7 Å². The van der Waals surface area contributed by atoms with Gasteiger partial charge in [-0.15, -0.1) is 0 Å². The second kappa shape index (κ2) is 7.19. The maximum Gasteiger partial charge on any atom is 0.261 e. The van der Waals surface area contributed by atoms with E-state index in [0.717, 1.165) is 0 Å². The lowest BCUT2D eigenvalue weighted by Gasteiger charge is -2.08. The fourth-order valence-electron chi connectivity index (χ4n) is 1.56. The first-order valence-electron chi connectivity index (χ1n) is 5.94. The lowest BCUT2D eigenvalue weighted by Crippen LogP contribution is -2.28. The molecule has 0 bridgehead atoms. The molecule has 1 rings (SSSR count). The van der Waals surface area contributed by atoms with Gasteiger partial charge in [-0.1, -0.05) is 6.92 Å². The van der Waals surface area contributed by atoms with Gasteiger partial charge in [0.1, 0.15) is 0 Å². The molecule has 1 aromatic carbocycles. The van der Waals surface area contributed by atoms with Gasteiger partial charge in [0.15, 0.2) is 0 Å². The lowest BCUT2D eigenvalue weighted by molar-refractivity contribution is 0.0955. The molecule has 20 heavy (non-hydrogen) atoms. The summed E-state index contributed by atoms with van der Waals surface area (Å²) in [5, 5.41) is 2.65. The van der Waals surface area contributed by atoms with Gasteiger partial charge in [-0.25, -0.2) is 8.42 Å². The summed E-state index contributed by atoms with van der Waals surface area (Å²) in [6.07, 6.45) is 0. The van der Waals surface area contributed by atoms with Gasteiger partial charge >= 0.3 is 0 Å². The molecule has 0 aliphatic heterocycles. The highest BCUT2D eigenvalue weighted by Crippen LogP contribution is 2.18. The van der Waals surface area contributed by atoms with Crippen molar-refractivity contribution in [2.75, 3.05) is 18.1 Å². The highest BCUT2D eigenvalue weighted by Gasteiger charge is 2.14. The Morgan fingerprint density at radius 3 is 2.55 bits per heavy atom. The molecule has 1 aromatic rings. The van der Waals surface area contributed by atoms with E-state index in [0.29, 0.717) is 29.2 Å². The molecule has 1 amide bonds. The number of nitrogens with one attached hydrogen (secondary N) is 1. The molecule has 1 atom stereocenters. The van der Waals surface area contributed by atoms with E-state index < -0.39 is 19.9 Å². The topological polar surface area (TPSA) is 80.3 Å². The van der Waals surface area contributed by atoms with Crippen LogP contribution in [0.2, 0.25) is 0 Å². The lowest BCUT2D eigenvalue weighted by atomic mass is 10.1. The Balaban J connectivity index is 2.77. The van der Waals surface area contributed by atoms with E-state index in [2.05, 4.69) is 5.32 Å². The fourth-order valence-corrected chi connectivity index (χ4v) is 3.02. The average molecular weight is 338 g/mol. The monoisotopic (exact) mass is 337 g/mol. The Bertz CT molecular complexity index is 628. The summed E-state index contributed by atoms with van der Waals surface area (Å²) in [5.74, 6) is 0.626. The van der Waals surface area contributed by atoms with Crippen molar-refractivity contribution in [1.82, 2.24) is 5.32 Å². The first-order valence-corrected chi connectivity index (χ1v) is 9.74. The summed E-state index contributed by atoms with van der Waals surface area (Å²) in [6.45, 7) is 3.76. The Hall–Kier alpha value is -0.920. The molecule has 1 N–H and O–H groups in total. The normalized spacial score (nSPS) is 12.9. The maximum atomic E-state index is 11.9. The van der Waals surface area contributed by atoms with E-state index in [1.165, 1.54) is 18.2 Å². The van der Waals surface area contributed by atoms with Crippen LogP contribution in [0.4, 0.5) is 0 Å². The van der Waals surface area contributed by atoms with E-state index in [-0.39, 0.29) is 10.8 Å². The zero-order valence-electron chi connectivity index (χ0n) is 11.2. The third-order valence-electron chi connectivity index (χ3n) is 2.66. The highest BCUT2D eigenvalue weighted by molar-refractivity contribution is 8.13. The van der Waals surface area contributed by atoms with Crippen molar-refractivity contribution in [1.29, 1.82) is 0 Å². The van der Waals surface area contributed by atoms with Gasteiger partial charge in [0.25, 0.3) is 15.0 Å². The van der Waals surface area contributed by atoms with Crippen molar-refractivity contribution >= 4 is 36.4 Å². The first kappa shape index (κ1) is 17.1. The molecule has 8 heteroatoms. The quantitative estimate of drug-likeness (QED) is 0.796. The number of amides is 1. The van der Waals surface area contributed by atoms with E-state index in [4.69, 9.17) is 10.7 Å². The molecule has 0 radical (unpaired) electrons. The minimum atomic E-state index is -3.80. The Labute approximate surface area is 125 Å². The van der Waals surface area contributed by atoms with Crippen LogP contribution in [-0.2, 0) is 19.9 Å². The van der Waals surface area contributed by atoms with Crippen LogP contribution in [0.25, 0.3) is 0 Å². The van der Waals surface area contributed by atoms with Crippen LogP contribution in [-0.4, -0.2) is 36.6 Å². The molecule has 0 saturated heterocycles. The molecule has 0 spiro atoms. The Kier molecular flexibility index (Phi) is 6.16. The van der Waals surface area contributed by atoms with Crippen LogP contribution in [0.15, 0.2) is 23.1 Å². The van der Waals surface area contributed by atoms with Crippen molar-refractivity contribution in [2.24, 2.45) is 0 Å². The second-order valence-electron chi connectivity index (χ2n) is 4.10. The van der Waals surface area contributed by atoms with Gasteiger partial charge in [-0.05, 0) is 30.7 Å². The number of carbonyl (C=O) groups is 1. The minimum Gasteiger partial charge on any atom is -0.351 e. The molecule has 0 heterocycles. The summed E-state index contributed by atoms with van der Waals surface area (Å²) in [4.78, 5) is 11.9. The molecule has 0 aliphatic carbocycles. The third-order valence-corrected chi connectivity index (χ3v) is 5.32. The molecule has 0 fully saturated rings. The minimum absolute atomic E-state index is 0.0414. The van der Waals surface area contributed by atoms with Crippen LogP contribution in [0.1, 0.15) is 22.8 Å². The molecule has 0 aliphatic rings. The predicted molar refractivity (Wildman–Crippen MR) is 80.1 cm³/mol. The van der Waals surface area contributed by atoms with Gasteiger partial charge < -0.3 is 5.32 Å². The van der Waals surface area contributed by atoms with Gasteiger partial charge in [0, 0.05) is 45.1 Å². The summed E-state index contributed by atoms with van der Waals surface area (Å²) in [5.41, 5.74) is 0.886. The smallest absolute Gasteiger partial charge is 0.261 e. The number of halogens is 1. The largest absolute Gasteiger partial charge is 0.351 e. The van der Waals surface area contributed by atoms with Gasteiger partial charge in [-0.3, -0.25) is 9.00 Å². The molecular formula is C12H16ClNO4S2. The van der Waals surface area contributed by atoms with Crippen LogP contribution < -0.4 is 5.32 Å². The molecule has 1 unspecified atom stereocenters. The standard InChI is InChI=1S/C12H16ClNO4S2/c1-3-19(16)7-6-14-12(15)11-5-4-10(8-9(11)2)20(13,17)18/h4-5,8H,3,6-7H2,1-2H3,(H,14,15). The number of aryl methyl sites for hydroxylation is 1. The van der Waals surface area contributed by atoms with Gasteiger partial charge in [0.05, 0.1) is 4.90 Å². The summed E-state index contributed by atoms with van der Waals surface area (Å²) < 4.78 is 33.6. The van der Waals surface area contributed by atoms with Crippen LogP contribution in [0, 0.1) is 6.92 Å². The van der Waals surface area contributed by atoms with E-state index in [1.807, 2.05) is 6.92 Å². The number of rotatable bonds is 6. The number of hydrogen-bond donors (Lipinski definition) is 1. The molecule has 0 aromatic heterocycles. The van der Waals surface area contributed by atoms with Crippen LogP contribution in [0.5, 0.6) is 0 Å². The van der Waals surface area contributed by atoms with E-state index in [9.17, 15) is 17.4 Å². The van der Waals surface area contributed by atoms with E-state index >= 15 is 0 Å². The van der Waals surface area contributed by atoms with Gasteiger partial charge in [-0.2, -0.15) is 0 Å². The zero-order chi connectivity index (χ0) is 15.3. The number of hydrogen-bond acceptors (Lipinski definition) is 4. The van der Waals surface area contributed by atoms with Crippen molar-refractivity contribution in [3.8, 4) is 0 Å². The third kappa shape index (κ3) is 4.88. The summed E-state index contributed by atoms with van der Waals surface area (Å²) >= 11 is 0.